The molecular weight excluding hydrogens is 301 g/mol. The first kappa shape index (κ1) is 14.9. The minimum absolute atomic E-state index is 0.0338. The molecule has 0 radical (unpaired) electrons. The summed E-state index contributed by atoms with van der Waals surface area (Å²) in [6.45, 7) is 0.455. The second-order valence-corrected chi connectivity index (χ2v) is 5.55. The molecule has 1 N–H and O–H groups in total. The van der Waals surface area contributed by atoms with E-state index in [1.807, 2.05) is 12.1 Å². The Bertz CT molecular complexity index is 575. The summed E-state index contributed by atoms with van der Waals surface area (Å²) < 4.78 is 18.6. The molecular formula is C14H13ClFNO2S. The van der Waals surface area contributed by atoms with Crippen LogP contribution in [0.5, 0.6) is 0 Å². The van der Waals surface area contributed by atoms with Crippen LogP contribution < -0.4 is 5.32 Å². The number of carbonyl (C=O) groups excluding carboxylic acids is 1. The number of benzene rings is 1. The third-order valence-electron chi connectivity index (χ3n) is 2.53. The van der Waals surface area contributed by atoms with Gasteiger partial charge in [-0.25, -0.2) is 4.39 Å². The van der Waals surface area contributed by atoms with Gasteiger partial charge in [0, 0.05) is 17.3 Å². The summed E-state index contributed by atoms with van der Waals surface area (Å²) in [6.07, 6.45) is 1.62. The van der Waals surface area contributed by atoms with Gasteiger partial charge in [-0.2, -0.15) is 11.8 Å². The predicted molar refractivity (Wildman–Crippen MR) is 78.6 cm³/mol. The van der Waals surface area contributed by atoms with Crippen LogP contribution in [0.4, 0.5) is 4.39 Å². The van der Waals surface area contributed by atoms with E-state index in [0.717, 1.165) is 11.5 Å². The van der Waals surface area contributed by atoms with Gasteiger partial charge in [-0.1, -0.05) is 11.6 Å². The van der Waals surface area contributed by atoms with Crippen LogP contribution in [0.3, 0.4) is 0 Å². The lowest BCUT2D eigenvalue weighted by Crippen LogP contribution is -2.26. The summed E-state index contributed by atoms with van der Waals surface area (Å²) in [6, 6.07) is 7.64. The van der Waals surface area contributed by atoms with Crippen molar-refractivity contribution in [2.24, 2.45) is 0 Å². The molecule has 0 atom stereocenters. The molecule has 0 aliphatic heterocycles. The van der Waals surface area contributed by atoms with Crippen LogP contribution in [0.1, 0.15) is 16.1 Å². The van der Waals surface area contributed by atoms with Crippen LogP contribution in [0.2, 0.25) is 5.02 Å². The van der Waals surface area contributed by atoms with Crippen LogP contribution in [0, 0.1) is 5.82 Å². The van der Waals surface area contributed by atoms with Gasteiger partial charge in [0.2, 0.25) is 0 Å². The Hall–Kier alpha value is -1.46. The minimum Gasteiger partial charge on any atom is -0.468 e. The molecule has 1 amide bonds. The standard InChI is InChI=1S/C14H13ClFNO2S/c15-10-3-4-13(16)12(8-10)14(18)17-5-7-20-9-11-2-1-6-19-11/h1-4,6,8H,5,7,9H2,(H,17,18). The molecule has 2 aromatic rings. The molecule has 0 bridgehead atoms. The molecule has 0 aliphatic carbocycles. The van der Waals surface area contributed by atoms with E-state index >= 15 is 0 Å². The highest BCUT2D eigenvalue weighted by Crippen LogP contribution is 2.15. The fraction of sp³-hybridized carbons (Fsp3) is 0.214. The van der Waals surface area contributed by atoms with E-state index in [9.17, 15) is 9.18 Å². The van der Waals surface area contributed by atoms with Crippen molar-refractivity contribution in [3.8, 4) is 0 Å². The zero-order chi connectivity index (χ0) is 14.4. The predicted octanol–water partition coefficient (Wildman–Crippen LogP) is 3.74. The monoisotopic (exact) mass is 313 g/mol. The van der Waals surface area contributed by atoms with Crippen LogP contribution in [0.15, 0.2) is 41.0 Å². The lowest BCUT2D eigenvalue weighted by Gasteiger charge is -2.06. The zero-order valence-electron chi connectivity index (χ0n) is 10.6. The number of nitrogens with one attached hydrogen (secondary N) is 1. The molecule has 3 nitrogen and oxygen atoms in total. The molecule has 1 aromatic carbocycles. The number of halogens is 2. The highest BCUT2D eigenvalue weighted by Gasteiger charge is 2.11. The summed E-state index contributed by atoms with van der Waals surface area (Å²) in [7, 11) is 0. The van der Waals surface area contributed by atoms with E-state index in [-0.39, 0.29) is 5.56 Å². The molecule has 106 valence electrons. The number of carbonyl (C=O) groups is 1. The molecule has 0 spiro atoms. The van der Waals surface area contributed by atoms with Crippen LogP contribution in [-0.2, 0) is 5.75 Å². The van der Waals surface area contributed by atoms with E-state index in [0.29, 0.717) is 17.3 Å². The van der Waals surface area contributed by atoms with Crippen molar-refractivity contribution in [3.63, 3.8) is 0 Å². The van der Waals surface area contributed by atoms with Crippen molar-refractivity contribution in [3.05, 3.63) is 58.8 Å². The second-order valence-electron chi connectivity index (χ2n) is 4.01. The van der Waals surface area contributed by atoms with Crippen LogP contribution in [0.25, 0.3) is 0 Å². The maximum absolute atomic E-state index is 13.4. The fourth-order valence-electron chi connectivity index (χ4n) is 1.57. The van der Waals surface area contributed by atoms with Gasteiger partial charge < -0.3 is 9.73 Å². The lowest BCUT2D eigenvalue weighted by molar-refractivity contribution is 0.0952. The molecule has 0 saturated carbocycles. The Morgan fingerprint density at radius 2 is 2.25 bits per heavy atom. The molecule has 1 aromatic heterocycles. The third-order valence-corrected chi connectivity index (χ3v) is 3.75. The Morgan fingerprint density at radius 1 is 1.40 bits per heavy atom. The highest BCUT2D eigenvalue weighted by molar-refractivity contribution is 7.98. The SMILES string of the molecule is O=C(NCCSCc1ccco1)c1cc(Cl)ccc1F. The molecule has 6 heteroatoms. The molecule has 0 fully saturated rings. The number of furan rings is 1. The molecule has 2 rings (SSSR count). The zero-order valence-corrected chi connectivity index (χ0v) is 12.1. The first-order valence-electron chi connectivity index (χ1n) is 6.00. The topological polar surface area (TPSA) is 42.2 Å². The van der Waals surface area contributed by atoms with E-state index in [1.165, 1.54) is 18.2 Å². The maximum atomic E-state index is 13.4. The average Bonchev–Trinajstić information content (AvgIpc) is 2.94. The number of thioether (sulfide) groups is 1. The smallest absolute Gasteiger partial charge is 0.254 e. The van der Waals surface area contributed by atoms with Gasteiger partial charge in [-0.15, -0.1) is 0 Å². The Morgan fingerprint density at radius 3 is 3.00 bits per heavy atom. The summed E-state index contributed by atoms with van der Waals surface area (Å²) in [5, 5.41) is 2.99. The minimum atomic E-state index is -0.574. The largest absolute Gasteiger partial charge is 0.468 e. The van der Waals surface area contributed by atoms with E-state index in [2.05, 4.69) is 5.32 Å². The first-order chi connectivity index (χ1) is 9.66. The number of hydrogen-bond donors (Lipinski definition) is 1. The van der Waals surface area contributed by atoms with Crippen molar-refractivity contribution < 1.29 is 13.6 Å². The van der Waals surface area contributed by atoms with Crippen molar-refractivity contribution in [2.45, 2.75) is 5.75 Å². The van der Waals surface area contributed by atoms with Crippen molar-refractivity contribution in [1.29, 1.82) is 0 Å². The van der Waals surface area contributed by atoms with Gasteiger partial charge in [-0.05, 0) is 30.3 Å². The molecule has 20 heavy (non-hydrogen) atoms. The van der Waals surface area contributed by atoms with Gasteiger partial charge in [0.05, 0.1) is 17.6 Å². The summed E-state index contributed by atoms with van der Waals surface area (Å²) in [4.78, 5) is 11.8. The molecule has 0 unspecified atom stereocenters. The normalized spacial score (nSPS) is 10.5. The number of amides is 1. The van der Waals surface area contributed by atoms with E-state index in [1.54, 1.807) is 18.0 Å². The summed E-state index contributed by atoms with van der Waals surface area (Å²) in [5.74, 6) is 1.32. The first-order valence-corrected chi connectivity index (χ1v) is 7.53. The quantitative estimate of drug-likeness (QED) is 0.826. The van der Waals surface area contributed by atoms with Crippen LogP contribution >= 0.6 is 23.4 Å². The molecule has 0 aliphatic rings. The van der Waals surface area contributed by atoms with E-state index in [4.69, 9.17) is 16.0 Å². The Labute approximate surface area is 125 Å². The van der Waals surface area contributed by atoms with Gasteiger partial charge in [-0.3, -0.25) is 4.79 Å². The van der Waals surface area contributed by atoms with Gasteiger partial charge in [0.1, 0.15) is 11.6 Å². The Balaban J connectivity index is 1.73. The maximum Gasteiger partial charge on any atom is 0.254 e. The van der Waals surface area contributed by atoms with Crippen molar-refractivity contribution in [1.82, 2.24) is 5.32 Å². The molecule has 1 heterocycles. The number of rotatable bonds is 6. The third kappa shape index (κ3) is 4.28. The fourth-order valence-corrected chi connectivity index (χ4v) is 2.50. The number of hydrogen-bond acceptors (Lipinski definition) is 3. The Kier molecular flexibility index (Phi) is 5.49. The lowest BCUT2D eigenvalue weighted by atomic mass is 10.2. The van der Waals surface area contributed by atoms with Gasteiger partial charge in [0.25, 0.3) is 5.91 Å². The van der Waals surface area contributed by atoms with Crippen molar-refractivity contribution in [2.75, 3.05) is 12.3 Å². The van der Waals surface area contributed by atoms with Crippen molar-refractivity contribution >= 4 is 29.3 Å². The highest BCUT2D eigenvalue weighted by atomic mass is 35.5. The average molecular weight is 314 g/mol. The second kappa shape index (κ2) is 7.36. The summed E-state index contributed by atoms with van der Waals surface area (Å²) in [5.41, 5.74) is -0.0338. The van der Waals surface area contributed by atoms with E-state index < -0.39 is 11.7 Å². The van der Waals surface area contributed by atoms with Gasteiger partial charge >= 0.3 is 0 Å². The van der Waals surface area contributed by atoms with Gasteiger partial charge in [0.15, 0.2) is 0 Å². The molecule has 0 saturated heterocycles. The summed E-state index contributed by atoms with van der Waals surface area (Å²) >= 11 is 7.37. The van der Waals surface area contributed by atoms with Crippen LogP contribution in [-0.4, -0.2) is 18.2 Å².